The lowest BCUT2D eigenvalue weighted by Gasteiger charge is -2.30. The van der Waals surface area contributed by atoms with Gasteiger partial charge in [0.1, 0.15) is 5.69 Å². The molecule has 1 N–H and O–H groups in total. The van der Waals surface area contributed by atoms with E-state index in [2.05, 4.69) is 44.1 Å². The molecule has 0 aliphatic carbocycles. The molecule has 4 rings (SSSR count). The van der Waals surface area contributed by atoms with Crippen LogP contribution in [0.4, 0.5) is 17.3 Å². The summed E-state index contributed by atoms with van der Waals surface area (Å²) in [6.45, 7) is 6.40. The molecule has 2 aromatic rings. The van der Waals surface area contributed by atoms with Crippen molar-refractivity contribution in [3.63, 3.8) is 0 Å². The highest BCUT2D eigenvalue weighted by atomic mass is 16.1. The summed E-state index contributed by atoms with van der Waals surface area (Å²) >= 11 is 0. The van der Waals surface area contributed by atoms with Crippen molar-refractivity contribution in [3.05, 3.63) is 42.2 Å². The second-order valence-electron chi connectivity index (χ2n) is 7.61. The Balaban J connectivity index is 1.41. The number of carbonyl (C=O) groups excluding carboxylic acids is 1. The molecule has 0 spiro atoms. The average molecular weight is 365 g/mol. The molecule has 0 unspecified atom stereocenters. The Morgan fingerprint density at radius 1 is 1.00 bits per heavy atom. The average Bonchev–Trinajstić information content (AvgIpc) is 3.24. The van der Waals surface area contributed by atoms with E-state index in [0.29, 0.717) is 11.6 Å². The summed E-state index contributed by atoms with van der Waals surface area (Å²) in [4.78, 5) is 26.0. The Morgan fingerprint density at radius 3 is 2.41 bits per heavy atom. The van der Waals surface area contributed by atoms with E-state index >= 15 is 0 Å². The van der Waals surface area contributed by atoms with Crippen molar-refractivity contribution in [1.29, 1.82) is 0 Å². The highest BCUT2D eigenvalue weighted by molar-refractivity contribution is 6.03. The molecule has 1 amide bonds. The number of nitrogens with zero attached hydrogens (tertiary/aromatic N) is 4. The van der Waals surface area contributed by atoms with Crippen LogP contribution in [-0.2, 0) is 0 Å². The molecule has 2 aliphatic rings. The number of piperidine rings is 1. The number of rotatable bonds is 4. The minimum absolute atomic E-state index is 0.196. The minimum atomic E-state index is -0.196. The van der Waals surface area contributed by atoms with Crippen LogP contribution in [0.3, 0.4) is 0 Å². The predicted octanol–water partition coefficient (Wildman–Crippen LogP) is 3.57. The summed E-state index contributed by atoms with van der Waals surface area (Å²) in [5.41, 5.74) is 2.41. The maximum Gasteiger partial charge on any atom is 0.274 e. The van der Waals surface area contributed by atoms with Crippen LogP contribution in [0, 0.1) is 5.92 Å². The van der Waals surface area contributed by atoms with Crippen molar-refractivity contribution in [1.82, 2.24) is 9.97 Å². The molecule has 6 nitrogen and oxygen atoms in total. The van der Waals surface area contributed by atoms with Crippen LogP contribution in [0.25, 0.3) is 0 Å². The molecule has 0 bridgehead atoms. The third-order valence-electron chi connectivity index (χ3n) is 5.54. The largest absolute Gasteiger partial charge is 0.372 e. The van der Waals surface area contributed by atoms with Crippen LogP contribution in [-0.4, -0.2) is 42.1 Å². The van der Waals surface area contributed by atoms with Crippen molar-refractivity contribution in [2.75, 3.05) is 41.3 Å². The van der Waals surface area contributed by atoms with Gasteiger partial charge in [0.15, 0.2) is 0 Å². The fourth-order valence-electron chi connectivity index (χ4n) is 3.76. The fraction of sp³-hybridized carbons (Fsp3) is 0.476. The third-order valence-corrected chi connectivity index (χ3v) is 5.54. The lowest BCUT2D eigenvalue weighted by Crippen LogP contribution is -2.34. The summed E-state index contributed by atoms with van der Waals surface area (Å²) in [7, 11) is 0. The number of hydrogen-bond acceptors (Lipinski definition) is 5. The number of carbonyl (C=O) groups is 1. The smallest absolute Gasteiger partial charge is 0.274 e. The molecule has 2 saturated heterocycles. The maximum absolute atomic E-state index is 12.6. The molecule has 1 aromatic carbocycles. The van der Waals surface area contributed by atoms with Gasteiger partial charge in [0.25, 0.3) is 5.91 Å². The quantitative estimate of drug-likeness (QED) is 0.898. The Bertz CT molecular complexity index is 777. The zero-order chi connectivity index (χ0) is 18.6. The van der Waals surface area contributed by atoms with Crippen LogP contribution in [0.1, 0.15) is 43.1 Å². The van der Waals surface area contributed by atoms with Gasteiger partial charge in [0, 0.05) is 43.8 Å². The van der Waals surface area contributed by atoms with Gasteiger partial charge in [0.05, 0.1) is 0 Å². The van der Waals surface area contributed by atoms with Gasteiger partial charge in [0.2, 0.25) is 5.95 Å². The monoisotopic (exact) mass is 365 g/mol. The van der Waals surface area contributed by atoms with E-state index in [1.54, 1.807) is 12.3 Å². The van der Waals surface area contributed by atoms with Gasteiger partial charge in [-0.05, 0) is 61.9 Å². The van der Waals surface area contributed by atoms with Crippen LogP contribution in [0.15, 0.2) is 36.5 Å². The van der Waals surface area contributed by atoms with Crippen LogP contribution in [0.5, 0.6) is 0 Å². The van der Waals surface area contributed by atoms with Crippen molar-refractivity contribution >= 4 is 23.2 Å². The molecule has 0 atom stereocenters. The molecule has 0 radical (unpaired) electrons. The second kappa shape index (κ2) is 7.94. The van der Waals surface area contributed by atoms with E-state index in [4.69, 9.17) is 0 Å². The van der Waals surface area contributed by atoms with Gasteiger partial charge in [-0.1, -0.05) is 6.92 Å². The molecule has 27 heavy (non-hydrogen) atoms. The van der Waals surface area contributed by atoms with Crippen LogP contribution >= 0.6 is 0 Å². The zero-order valence-electron chi connectivity index (χ0n) is 15.9. The molecule has 1 aromatic heterocycles. The first-order valence-corrected chi connectivity index (χ1v) is 9.93. The maximum atomic E-state index is 12.6. The number of anilines is 3. The fourth-order valence-corrected chi connectivity index (χ4v) is 3.76. The van der Waals surface area contributed by atoms with E-state index in [0.717, 1.165) is 50.6 Å². The minimum Gasteiger partial charge on any atom is -0.372 e. The van der Waals surface area contributed by atoms with Gasteiger partial charge in [-0.15, -0.1) is 0 Å². The van der Waals surface area contributed by atoms with Gasteiger partial charge in [-0.2, -0.15) is 0 Å². The number of hydrogen-bond donors (Lipinski definition) is 1. The first kappa shape index (κ1) is 17.8. The number of nitrogens with one attached hydrogen (secondary N) is 1. The predicted molar refractivity (Wildman–Crippen MR) is 108 cm³/mol. The van der Waals surface area contributed by atoms with E-state index in [1.165, 1.54) is 18.5 Å². The standard InChI is InChI=1S/C21H27N5O/c1-16-9-14-26(15-10-16)21-22-11-8-19(24-21)20(27)23-17-4-6-18(7-5-17)25-12-2-3-13-25/h4-8,11,16H,2-3,9-10,12-15H2,1H3,(H,23,27). The van der Waals surface area contributed by atoms with Crippen LogP contribution in [0.2, 0.25) is 0 Å². The highest BCUT2D eigenvalue weighted by Crippen LogP contribution is 2.23. The molecule has 2 fully saturated rings. The van der Waals surface area contributed by atoms with Gasteiger partial charge >= 0.3 is 0 Å². The normalized spacial score (nSPS) is 18.0. The molecular weight excluding hydrogens is 338 g/mol. The van der Waals surface area contributed by atoms with Crippen molar-refractivity contribution in [3.8, 4) is 0 Å². The number of aromatic nitrogens is 2. The van der Waals surface area contributed by atoms with Gasteiger partial charge in [-0.3, -0.25) is 4.79 Å². The molecule has 6 heteroatoms. The van der Waals surface area contributed by atoms with Crippen molar-refractivity contribution in [2.45, 2.75) is 32.6 Å². The SMILES string of the molecule is CC1CCN(c2nccc(C(=O)Nc3ccc(N4CCCC4)cc3)n2)CC1. The van der Waals surface area contributed by atoms with E-state index < -0.39 is 0 Å². The summed E-state index contributed by atoms with van der Waals surface area (Å²) in [6.07, 6.45) is 6.47. The summed E-state index contributed by atoms with van der Waals surface area (Å²) < 4.78 is 0. The summed E-state index contributed by atoms with van der Waals surface area (Å²) in [5.74, 6) is 1.20. The Labute approximate surface area is 160 Å². The molecule has 3 heterocycles. The first-order valence-electron chi connectivity index (χ1n) is 9.93. The third kappa shape index (κ3) is 4.21. The lowest BCUT2D eigenvalue weighted by atomic mass is 10.00. The van der Waals surface area contributed by atoms with Gasteiger partial charge in [-0.25, -0.2) is 9.97 Å². The lowest BCUT2D eigenvalue weighted by molar-refractivity contribution is 0.102. The Kier molecular flexibility index (Phi) is 5.23. The highest BCUT2D eigenvalue weighted by Gasteiger charge is 2.19. The number of benzene rings is 1. The van der Waals surface area contributed by atoms with Crippen LogP contribution < -0.4 is 15.1 Å². The molecular formula is C21H27N5O. The van der Waals surface area contributed by atoms with Crippen molar-refractivity contribution < 1.29 is 4.79 Å². The number of amides is 1. The topological polar surface area (TPSA) is 61.4 Å². The van der Waals surface area contributed by atoms with E-state index in [1.807, 2.05) is 12.1 Å². The Morgan fingerprint density at radius 2 is 1.70 bits per heavy atom. The molecule has 142 valence electrons. The van der Waals surface area contributed by atoms with Gasteiger partial charge < -0.3 is 15.1 Å². The van der Waals surface area contributed by atoms with E-state index in [9.17, 15) is 4.79 Å². The molecule has 0 saturated carbocycles. The molecule has 2 aliphatic heterocycles. The Hall–Kier alpha value is -2.63. The second-order valence-corrected chi connectivity index (χ2v) is 7.61. The summed E-state index contributed by atoms with van der Waals surface area (Å²) in [6, 6.07) is 9.73. The zero-order valence-corrected chi connectivity index (χ0v) is 15.9. The van der Waals surface area contributed by atoms with E-state index in [-0.39, 0.29) is 5.91 Å². The first-order chi connectivity index (χ1) is 13.2. The summed E-state index contributed by atoms with van der Waals surface area (Å²) in [5, 5.41) is 2.95. The van der Waals surface area contributed by atoms with Crippen molar-refractivity contribution in [2.24, 2.45) is 5.92 Å².